The third kappa shape index (κ3) is 3.33. The van der Waals surface area contributed by atoms with Crippen molar-refractivity contribution in [3.8, 4) is 0 Å². The van der Waals surface area contributed by atoms with Crippen molar-refractivity contribution in [3.05, 3.63) is 20.8 Å². The van der Waals surface area contributed by atoms with Crippen LogP contribution < -0.4 is 5.32 Å². The zero-order valence-corrected chi connectivity index (χ0v) is 10.3. The van der Waals surface area contributed by atoms with Crippen LogP contribution in [-0.4, -0.2) is 29.5 Å². The van der Waals surface area contributed by atoms with E-state index < -0.39 is 0 Å². The molecule has 0 aromatic carbocycles. The van der Waals surface area contributed by atoms with Crippen LogP contribution in [-0.2, 0) is 0 Å². The molecule has 0 aliphatic heterocycles. The monoisotopic (exact) mass is 279 g/mol. The van der Waals surface area contributed by atoms with Crippen LogP contribution in [0.2, 0.25) is 0 Å². The molecule has 0 saturated heterocycles. The highest BCUT2D eigenvalue weighted by molar-refractivity contribution is 9.11. The molecule has 0 aliphatic carbocycles. The summed E-state index contributed by atoms with van der Waals surface area (Å²) in [4.78, 5) is 1.18. The first kappa shape index (κ1) is 12.1. The van der Waals surface area contributed by atoms with E-state index in [1.807, 2.05) is 19.1 Å². The molecule has 3 nitrogen and oxygen atoms in total. The van der Waals surface area contributed by atoms with Crippen LogP contribution in [0.3, 0.4) is 0 Å². The molecule has 0 aliphatic rings. The number of aliphatic hydroxyl groups is 2. The molecule has 0 bridgehead atoms. The van der Waals surface area contributed by atoms with Crippen molar-refractivity contribution in [3.63, 3.8) is 0 Å². The molecule has 1 atom stereocenters. The Balaban J connectivity index is 2.53. The van der Waals surface area contributed by atoms with Gasteiger partial charge in [-0.3, -0.25) is 0 Å². The van der Waals surface area contributed by atoms with Gasteiger partial charge in [-0.15, -0.1) is 11.3 Å². The van der Waals surface area contributed by atoms with E-state index in [0.29, 0.717) is 0 Å². The third-order valence-corrected chi connectivity index (χ3v) is 3.75. The SMILES string of the molecule is CC(NC(CO)CO)c1ccc(Br)s1. The Bertz CT molecular complexity index is 276. The Kier molecular flexibility index (Phi) is 5.05. The molecule has 0 radical (unpaired) electrons. The number of thiophene rings is 1. The van der Waals surface area contributed by atoms with Gasteiger partial charge in [0.25, 0.3) is 0 Å². The van der Waals surface area contributed by atoms with Gasteiger partial charge in [0.15, 0.2) is 0 Å². The molecule has 0 spiro atoms. The van der Waals surface area contributed by atoms with Crippen LogP contribution in [0.5, 0.6) is 0 Å². The van der Waals surface area contributed by atoms with E-state index in [2.05, 4.69) is 21.2 Å². The summed E-state index contributed by atoms with van der Waals surface area (Å²) in [6, 6.07) is 3.92. The minimum Gasteiger partial charge on any atom is -0.395 e. The summed E-state index contributed by atoms with van der Waals surface area (Å²) in [5.41, 5.74) is 0. The number of nitrogens with one attached hydrogen (secondary N) is 1. The second-order valence-corrected chi connectivity index (χ2v) is 5.59. The first-order chi connectivity index (χ1) is 6.67. The second-order valence-electron chi connectivity index (χ2n) is 3.09. The Morgan fingerprint density at radius 3 is 2.50 bits per heavy atom. The maximum Gasteiger partial charge on any atom is 0.0701 e. The Hall–Kier alpha value is 0.0600. The second kappa shape index (κ2) is 5.82. The molecule has 3 N–H and O–H groups in total. The molecule has 14 heavy (non-hydrogen) atoms. The van der Waals surface area contributed by atoms with Crippen molar-refractivity contribution in [1.82, 2.24) is 5.32 Å². The van der Waals surface area contributed by atoms with Crippen molar-refractivity contribution < 1.29 is 10.2 Å². The Labute approximate surface area is 95.9 Å². The zero-order chi connectivity index (χ0) is 10.6. The van der Waals surface area contributed by atoms with Gasteiger partial charge >= 0.3 is 0 Å². The van der Waals surface area contributed by atoms with Crippen LogP contribution in [0.25, 0.3) is 0 Å². The van der Waals surface area contributed by atoms with E-state index in [1.54, 1.807) is 11.3 Å². The first-order valence-corrected chi connectivity index (χ1v) is 6.01. The number of rotatable bonds is 5. The minimum absolute atomic E-state index is 0.0482. The standard InChI is InChI=1S/C9H14BrNO2S/c1-6(11-7(4-12)5-13)8-2-3-9(10)14-8/h2-3,6-7,11-13H,4-5H2,1H3. The molecule has 1 aromatic heterocycles. The molecule has 1 rings (SSSR count). The van der Waals surface area contributed by atoms with Crippen molar-refractivity contribution in [2.45, 2.75) is 19.0 Å². The molecule has 0 saturated carbocycles. The molecule has 80 valence electrons. The first-order valence-electron chi connectivity index (χ1n) is 4.40. The fourth-order valence-electron chi connectivity index (χ4n) is 1.16. The van der Waals surface area contributed by atoms with Gasteiger partial charge in [0, 0.05) is 10.9 Å². The highest BCUT2D eigenvalue weighted by Gasteiger charge is 2.12. The molecule has 1 aromatic rings. The quantitative estimate of drug-likeness (QED) is 0.766. The normalized spacial score (nSPS) is 13.5. The van der Waals surface area contributed by atoms with E-state index in [9.17, 15) is 0 Å². The highest BCUT2D eigenvalue weighted by atomic mass is 79.9. The zero-order valence-electron chi connectivity index (χ0n) is 7.90. The summed E-state index contributed by atoms with van der Waals surface area (Å²) in [5, 5.41) is 20.9. The smallest absolute Gasteiger partial charge is 0.0701 e. The van der Waals surface area contributed by atoms with Gasteiger partial charge in [0.1, 0.15) is 0 Å². The molecular weight excluding hydrogens is 266 g/mol. The Morgan fingerprint density at radius 1 is 1.43 bits per heavy atom. The van der Waals surface area contributed by atoms with Crippen molar-refractivity contribution in [1.29, 1.82) is 0 Å². The van der Waals surface area contributed by atoms with E-state index >= 15 is 0 Å². The molecule has 5 heteroatoms. The minimum atomic E-state index is -0.245. The van der Waals surface area contributed by atoms with Crippen LogP contribution in [0.1, 0.15) is 17.8 Å². The van der Waals surface area contributed by atoms with Crippen molar-refractivity contribution in [2.75, 3.05) is 13.2 Å². The number of hydrogen-bond donors (Lipinski definition) is 3. The number of halogens is 1. The summed E-state index contributed by atoms with van der Waals surface area (Å²) in [5.74, 6) is 0. The van der Waals surface area contributed by atoms with Crippen molar-refractivity contribution >= 4 is 27.3 Å². The predicted octanol–water partition coefficient (Wildman–Crippen LogP) is 1.51. The van der Waals surface area contributed by atoms with Gasteiger partial charge in [0.2, 0.25) is 0 Å². The largest absolute Gasteiger partial charge is 0.395 e. The summed E-state index contributed by atoms with van der Waals surface area (Å²) in [6.07, 6.45) is 0. The lowest BCUT2D eigenvalue weighted by Crippen LogP contribution is -2.37. The highest BCUT2D eigenvalue weighted by Crippen LogP contribution is 2.27. The molecule has 1 unspecified atom stereocenters. The van der Waals surface area contributed by atoms with E-state index in [-0.39, 0.29) is 25.3 Å². The number of hydrogen-bond acceptors (Lipinski definition) is 4. The average molecular weight is 280 g/mol. The topological polar surface area (TPSA) is 52.5 Å². The van der Waals surface area contributed by atoms with Gasteiger partial charge in [0.05, 0.1) is 23.0 Å². The fourth-order valence-corrected chi connectivity index (χ4v) is 2.59. The average Bonchev–Trinajstić information content (AvgIpc) is 2.61. The molecule has 1 heterocycles. The van der Waals surface area contributed by atoms with Gasteiger partial charge in [-0.05, 0) is 35.0 Å². The van der Waals surface area contributed by atoms with Crippen LogP contribution in [0.4, 0.5) is 0 Å². The van der Waals surface area contributed by atoms with Crippen LogP contribution >= 0.6 is 27.3 Å². The van der Waals surface area contributed by atoms with E-state index in [1.165, 1.54) is 4.88 Å². The Morgan fingerprint density at radius 2 is 2.07 bits per heavy atom. The van der Waals surface area contributed by atoms with Crippen molar-refractivity contribution in [2.24, 2.45) is 0 Å². The maximum absolute atomic E-state index is 8.90. The lowest BCUT2D eigenvalue weighted by molar-refractivity contribution is 0.164. The summed E-state index contributed by atoms with van der Waals surface area (Å²) < 4.78 is 1.09. The maximum atomic E-state index is 8.90. The summed E-state index contributed by atoms with van der Waals surface area (Å²) in [6.45, 7) is 1.91. The predicted molar refractivity (Wildman–Crippen MR) is 61.5 cm³/mol. The van der Waals surface area contributed by atoms with Crippen LogP contribution in [0.15, 0.2) is 15.9 Å². The third-order valence-electron chi connectivity index (χ3n) is 1.95. The van der Waals surface area contributed by atoms with Gasteiger partial charge < -0.3 is 15.5 Å². The lowest BCUT2D eigenvalue weighted by Gasteiger charge is -2.18. The molecular formula is C9H14BrNO2S. The van der Waals surface area contributed by atoms with E-state index in [4.69, 9.17) is 10.2 Å². The molecule has 0 amide bonds. The van der Waals surface area contributed by atoms with Gasteiger partial charge in [-0.2, -0.15) is 0 Å². The van der Waals surface area contributed by atoms with E-state index in [0.717, 1.165) is 3.79 Å². The van der Waals surface area contributed by atoms with Gasteiger partial charge in [-0.1, -0.05) is 0 Å². The van der Waals surface area contributed by atoms with Crippen LogP contribution in [0, 0.1) is 0 Å². The van der Waals surface area contributed by atoms with Gasteiger partial charge in [-0.25, -0.2) is 0 Å². The fraction of sp³-hybridized carbons (Fsp3) is 0.556. The molecule has 0 fully saturated rings. The lowest BCUT2D eigenvalue weighted by atomic mass is 10.2. The number of aliphatic hydroxyl groups excluding tert-OH is 2. The summed E-state index contributed by atoms with van der Waals surface area (Å²) in [7, 11) is 0. The summed E-state index contributed by atoms with van der Waals surface area (Å²) >= 11 is 5.04.